The van der Waals surface area contributed by atoms with Gasteiger partial charge >= 0.3 is 6.18 Å². The third kappa shape index (κ3) is 4.10. The molecule has 0 radical (unpaired) electrons. The summed E-state index contributed by atoms with van der Waals surface area (Å²) in [4.78, 5) is 12.1. The molecule has 0 fully saturated rings. The fourth-order valence-corrected chi connectivity index (χ4v) is 2.04. The molecule has 124 valence electrons. The van der Waals surface area contributed by atoms with Crippen molar-refractivity contribution in [2.45, 2.75) is 32.3 Å². The van der Waals surface area contributed by atoms with E-state index >= 15 is 0 Å². The predicted molar refractivity (Wildman–Crippen MR) is 76.2 cm³/mol. The van der Waals surface area contributed by atoms with Crippen LogP contribution in [0.25, 0.3) is 0 Å². The summed E-state index contributed by atoms with van der Waals surface area (Å²) >= 11 is 0. The summed E-state index contributed by atoms with van der Waals surface area (Å²) in [5, 5.41) is 15.2. The van der Waals surface area contributed by atoms with Crippen LogP contribution in [0.1, 0.15) is 29.8 Å². The number of benzene rings is 1. The molecule has 2 rings (SSSR count). The van der Waals surface area contributed by atoms with Crippen LogP contribution in [0.3, 0.4) is 0 Å². The molecule has 1 unspecified atom stereocenters. The lowest BCUT2D eigenvalue weighted by Gasteiger charge is -2.14. The molecule has 5 nitrogen and oxygen atoms in total. The number of amides is 1. The van der Waals surface area contributed by atoms with Crippen molar-refractivity contribution < 1.29 is 23.1 Å². The summed E-state index contributed by atoms with van der Waals surface area (Å²) in [5.74, 6) is -0.463. The average molecular weight is 327 g/mol. The lowest BCUT2D eigenvalue weighted by Crippen LogP contribution is -2.31. The second kappa shape index (κ2) is 6.82. The Kier molecular flexibility index (Phi) is 5.05. The number of aromatic nitrogens is 2. The molecule has 1 atom stereocenters. The van der Waals surface area contributed by atoms with Crippen molar-refractivity contribution in [1.82, 2.24) is 15.1 Å². The predicted octanol–water partition coefficient (Wildman–Crippen LogP) is 2.27. The van der Waals surface area contributed by atoms with E-state index in [-0.39, 0.29) is 13.2 Å². The maximum Gasteiger partial charge on any atom is 0.435 e. The molecular weight excluding hydrogens is 311 g/mol. The summed E-state index contributed by atoms with van der Waals surface area (Å²) in [5.41, 5.74) is 0.383. The van der Waals surface area contributed by atoms with E-state index in [1.807, 2.05) is 0 Å². The third-order valence-electron chi connectivity index (χ3n) is 3.42. The molecule has 0 bridgehead atoms. The highest BCUT2D eigenvalue weighted by Gasteiger charge is 2.34. The maximum atomic E-state index is 12.5. The first-order valence-electron chi connectivity index (χ1n) is 6.90. The molecule has 0 saturated carbocycles. The molecule has 1 heterocycles. The zero-order chi connectivity index (χ0) is 17.0. The second-order valence-electron chi connectivity index (χ2n) is 5.00. The van der Waals surface area contributed by atoms with Crippen LogP contribution in [-0.2, 0) is 24.1 Å². The average Bonchev–Trinajstić information content (AvgIpc) is 3.02. The van der Waals surface area contributed by atoms with Crippen molar-refractivity contribution in [1.29, 1.82) is 0 Å². The summed E-state index contributed by atoms with van der Waals surface area (Å²) in [6.07, 6.45) is -3.42. The van der Waals surface area contributed by atoms with Gasteiger partial charge in [-0.05, 0) is 24.1 Å². The fraction of sp³-hybridized carbons (Fsp3) is 0.333. The van der Waals surface area contributed by atoms with Crippen LogP contribution in [0, 0.1) is 0 Å². The molecule has 0 aliphatic heterocycles. The molecule has 1 amide bonds. The monoisotopic (exact) mass is 327 g/mol. The Balaban J connectivity index is 2.01. The number of hydrogen-bond donors (Lipinski definition) is 2. The number of carbonyl (C=O) groups is 1. The van der Waals surface area contributed by atoms with Crippen molar-refractivity contribution in [2.75, 3.05) is 0 Å². The first-order valence-corrected chi connectivity index (χ1v) is 6.90. The Morgan fingerprint density at radius 1 is 1.30 bits per heavy atom. The molecule has 2 N–H and O–H groups in total. The van der Waals surface area contributed by atoms with E-state index in [2.05, 4.69) is 10.4 Å². The number of carbonyl (C=O) groups excluding carboxylic acids is 1. The summed E-state index contributed by atoms with van der Waals surface area (Å²) < 4.78 is 38.5. The Morgan fingerprint density at radius 3 is 2.52 bits per heavy atom. The van der Waals surface area contributed by atoms with Crippen molar-refractivity contribution in [3.05, 3.63) is 53.3 Å². The molecule has 0 spiro atoms. The summed E-state index contributed by atoms with van der Waals surface area (Å²) in [6.45, 7) is 1.48. The van der Waals surface area contributed by atoms with Crippen molar-refractivity contribution in [3.63, 3.8) is 0 Å². The maximum absolute atomic E-state index is 12.5. The number of nitrogens with one attached hydrogen (secondary N) is 1. The molecule has 0 aliphatic rings. The van der Waals surface area contributed by atoms with E-state index in [0.717, 1.165) is 22.5 Å². The van der Waals surface area contributed by atoms with Crippen LogP contribution in [0.4, 0.5) is 13.2 Å². The van der Waals surface area contributed by atoms with E-state index in [1.165, 1.54) is 6.92 Å². The van der Waals surface area contributed by atoms with Gasteiger partial charge in [0, 0.05) is 12.7 Å². The van der Waals surface area contributed by atoms with Crippen LogP contribution in [-0.4, -0.2) is 20.8 Å². The number of halogens is 3. The number of aliphatic hydroxyl groups excluding tert-OH is 1. The summed E-state index contributed by atoms with van der Waals surface area (Å²) in [6, 6.07) is 6.97. The Bertz CT molecular complexity index is 683. The minimum atomic E-state index is -4.54. The molecule has 1 aromatic carbocycles. The number of alkyl halides is 3. The van der Waals surface area contributed by atoms with Gasteiger partial charge in [0.1, 0.15) is 6.04 Å². The minimum absolute atomic E-state index is 0.157. The third-order valence-corrected chi connectivity index (χ3v) is 3.42. The smallest absolute Gasteiger partial charge is 0.392 e. The van der Waals surface area contributed by atoms with Gasteiger partial charge < -0.3 is 10.4 Å². The molecule has 8 heteroatoms. The van der Waals surface area contributed by atoms with E-state index in [9.17, 15) is 23.1 Å². The SMILES string of the molecule is CC(C(=O)NCc1ccccc1CO)n1ccc(C(F)(F)F)n1. The molecular formula is C15H16F3N3O2. The quantitative estimate of drug-likeness (QED) is 0.885. The molecule has 1 aromatic heterocycles. The van der Waals surface area contributed by atoms with Gasteiger partial charge in [-0.2, -0.15) is 18.3 Å². The number of rotatable bonds is 5. The Hall–Kier alpha value is -2.35. The fourth-order valence-electron chi connectivity index (χ4n) is 2.04. The van der Waals surface area contributed by atoms with Gasteiger partial charge in [-0.1, -0.05) is 24.3 Å². The highest BCUT2D eigenvalue weighted by atomic mass is 19.4. The standard InChI is InChI=1S/C15H16F3N3O2/c1-10(21-7-6-13(20-21)15(16,17)18)14(23)19-8-11-4-2-3-5-12(11)9-22/h2-7,10,22H,8-9H2,1H3,(H,19,23). The van der Waals surface area contributed by atoms with Crippen molar-refractivity contribution >= 4 is 5.91 Å². The zero-order valence-electron chi connectivity index (χ0n) is 12.3. The number of aliphatic hydroxyl groups is 1. The Labute approximate surface area is 130 Å². The molecule has 0 aliphatic carbocycles. The molecule has 2 aromatic rings. The second-order valence-corrected chi connectivity index (χ2v) is 5.00. The zero-order valence-corrected chi connectivity index (χ0v) is 12.3. The van der Waals surface area contributed by atoms with Crippen LogP contribution in [0.5, 0.6) is 0 Å². The van der Waals surface area contributed by atoms with Crippen LogP contribution in [0.2, 0.25) is 0 Å². The van der Waals surface area contributed by atoms with Crippen LogP contribution in [0.15, 0.2) is 36.5 Å². The van der Waals surface area contributed by atoms with Gasteiger partial charge in [-0.25, -0.2) is 0 Å². The van der Waals surface area contributed by atoms with Crippen molar-refractivity contribution in [3.8, 4) is 0 Å². The lowest BCUT2D eigenvalue weighted by atomic mass is 10.1. The van der Waals surface area contributed by atoms with Crippen molar-refractivity contribution in [2.24, 2.45) is 0 Å². The topological polar surface area (TPSA) is 67.2 Å². The first-order chi connectivity index (χ1) is 10.8. The van der Waals surface area contributed by atoms with Gasteiger partial charge in [0.2, 0.25) is 5.91 Å². The van der Waals surface area contributed by atoms with E-state index < -0.39 is 23.8 Å². The first kappa shape index (κ1) is 17.0. The van der Waals surface area contributed by atoms with Gasteiger partial charge in [-0.15, -0.1) is 0 Å². The van der Waals surface area contributed by atoms with Gasteiger partial charge in [0.05, 0.1) is 6.61 Å². The van der Waals surface area contributed by atoms with Gasteiger partial charge in [0.25, 0.3) is 0 Å². The number of hydrogen-bond acceptors (Lipinski definition) is 3. The highest BCUT2D eigenvalue weighted by molar-refractivity contribution is 5.79. The summed E-state index contributed by atoms with van der Waals surface area (Å²) in [7, 11) is 0. The van der Waals surface area contributed by atoms with E-state index in [0.29, 0.717) is 5.56 Å². The molecule has 23 heavy (non-hydrogen) atoms. The largest absolute Gasteiger partial charge is 0.435 e. The molecule has 0 saturated heterocycles. The normalized spacial score (nSPS) is 12.9. The van der Waals surface area contributed by atoms with E-state index in [1.54, 1.807) is 24.3 Å². The van der Waals surface area contributed by atoms with Crippen LogP contribution >= 0.6 is 0 Å². The van der Waals surface area contributed by atoms with Gasteiger partial charge in [0.15, 0.2) is 5.69 Å². The highest BCUT2D eigenvalue weighted by Crippen LogP contribution is 2.27. The van der Waals surface area contributed by atoms with Gasteiger partial charge in [-0.3, -0.25) is 9.48 Å². The van der Waals surface area contributed by atoms with E-state index in [4.69, 9.17) is 0 Å². The lowest BCUT2D eigenvalue weighted by molar-refractivity contribution is -0.142. The minimum Gasteiger partial charge on any atom is -0.392 e. The van der Waals surface area contributed by atoms with Crippen LogP contribution < -0.4 is 5.32 Å². The number of nitrogens with zero attached hydrogens (tertiary/aromatic N) is 2. The Morgan fingerprint density at radius 2 is 1.96 bits per heavy atom.